The zero-order chi connectivity index (χ0) is 25.7. The molecule has 182 valence electrons. The SMILES string of the molecule is Oc1ccc(-c2cccc3cc4sc5c(ccn6c7ccc8c9ccccc9ccc8c7nc56)c4cc23)cc1. The van der Waals surface area contributed by atoms with Crippen LogP contribution in [0, 0.1) is 0 Å². The summed E-state index contributed by atoms with van der Waals surface area (Å²) in [4.78, 5) is 5.27. The van der Waals surface area contributed by atoms with Gasteiger partial charge in [-0.05, 0) is 74.5 Å². The molecule has 1 N–H and O–H groups in total. The number of pyridine rings is 1. The minimum Gasteiger partial charge on any atom is -0.508 e. The van der Waals surface area contributed by atoms with Crippen molar-refractivity contribution >= 4 is 80.5 Å². The fourth-order valence-electron chi connectivity index (χ4n) is 6.22. The average molecular weight is 517 g/mol. The summed E-state index contributed by atoms with van der Waals surface area (Å²) < 4.78 is 4.71. The van der Waals surface area contributed by atoms with Crippen molar-refractivity contribution in [2.45, 2.75) is 0 Å². The fraction of sp³-hybridized carbons (Fsp3) is 0. The predicted molar refractivity (Wildman–Crippen MR) is 165 cm³/mol. The molecule has 0 aliphatic rings. The van der Waals surface area contributed by atoms with Crippen LogP contribution in [-0.4, -0.2) is 14.5 Å². The third kappa shape index (κ3) is 2.89. The molecular formula is C35H20N2OS. The lowest BCUT2D eigenvalue weighted by Crippen LogP contribution is -1.84. The van der Waals surface area contributed by atoms with Gasteiger partial charge in [0.1, 0.15) is 5.75 Å². The second kappa shape index (κ2) is 7.56. The molecule has 0 aliphatic heterocycles. The maximum absolute atomic E-state index is 9.79. The van der Waals surface area contributed by atoms with Crippen LogP contribution in [0.1, 0.15) is 0 Å². The molecule has 4 heteroatoms. The number of hydrogen-bond donors (Lipinski definition) is 1. The minimum atomic E-state index is 0.280. The number of benzene rings is 6. The highest BCUT2D eigenvalue weighted by atomic mass is 32.1. The van der Waals surface area contributed by atoms with Gasteiger partial charge in [-0.3, -0.25) is 4.40 Å². The molecule has 0 amide bonds. The Hall–Kier alpha value is -4.93. The van der Waals surface area contributed by atoms with E-state index in [4.69, 9.17) is 4.98 Å². The second-order valence-corrected chi connectivity index (χ2v) is 11.3. The van der Waals surface area contributed by atoms with Crippen LogP contribution >= 0.6 is 11.3 Å². The topological polar surface area (TPSA) is 37.5 Å². The molecular weight excluding hydrogens is 496 g/mol. The van der Waals surface area contributed by atoms with Crippen molar-refractivity contribution in [3.63, 3.8) is 0 Å². The molecule has 0 bridgehead atoms. The smallest absolute Gasteiger partial charge is 0.156 e. The van der Waals surface area contributed by atoms with Gasteiger partial charge >= 0.3 is 0 Å². The van der Waals surface area contributed by atoms with Crippen LogP contribution in [0.25, 0.3) is 80.3 Å². The van der Waals surface area contributed by atoms with Gasteiger partial charge in [0.25, 0.3) is 0 Å². The number of aromatic nitrogens is 2. The van der Waals surface area contributed by atoms with E-state index in [1.54, 1.807) is 12.1 Å². The minimum absolute atomic E-state index is 0.280. The van der Waals surface area contributed by atoms with E-state index in [1.165, 1.54) is 58.1 Å². The highest BCUT2D eigenvalue weighted by Gasteiger charge is 2.16. The summed E-state index contributed by atoms with van der Waals surface area (Å²) in [6.07, 6.45) is 2.17. The molecule has 0 radical (unpaired) electrons. The van der Waals surface area contributed by atoms with Crippen molar-refractivity contribution in [3.8, 4) is 16.9 Å². The molecule has 0 saturated heterocycles. The van der Waals surface area contributed by atoms with Crippen molar-refractivity contribution in [1.29, 1.82) is 0 Å². The first-order chi connectivity index (χ1) is 19.2. The van der Waals surface area contributed by atoms with Crippen LogP contribution in [0.2, 0.25) is 0 Å². The van der Waals surface area contributed by atoms with Crippen LogP contribution in [0.3, 0.4) is 0 Å². The molecule has 9 aromatic rings. The Morgan fingerprint density at radius 1 is 0.615 bits per heavy atom. The van der Waals surface area contributed by atoms with Crippen molar-refractivity contribution in [3.05, 3.63) is 115 Å². The molecule has 0 aliphatic carbocycles. The molecule has 0 unspecified atom stereocenters. The number of phenols is 1. The van der Waals surface area contributed by atoms with Crippen molar-refractivity contribution in [2.24, 2.45) is 0 Å². The van der Waals surface area contributed by atoms with Gasteiger partial charge in [0.15, 0.2) is 5.65 Å². The standard InChI is InChI=1S/C35H20N2OS/c38-23-11-8-21(9-12-23)25-7-3-5-22-18-32-30(19-29(22)25)28-16-17-37-31-15-14-26-24-6-2-1-4-20(24)10-13-27(26)33(31)36-35(37)34(28)39-32/h1-19,38H. The lowest BCUT2D eigenvalue weighted by atomic mass is 9.97. The summed E-state index contributed by atoms with van der Waals surface area (Å²) in [5.74, 6) is 0.280. The maximum Gasteiger partial charge on any atom is 0.156 e. The monoisotopic (exact) mass is 516 g/mol. The lowest BCUT2D eigenvalue weighted by Gasteiger charge is -2.08. The van der Waals surface area contributed by atoms with Crippen LogP contribution in [-0.2, 0) is 0 Å². The van der Waals surface area contributed by atoms with Crippen molar-refractivity contribution < 1.29 is 5.11 Å². The van der Waals surface area contributed by atoms with Crippen molar-refractivity contribution in [2.75, 3.05) is 0 Å². The van der Waals surface area contributed by atoms with E-state index in [9.17, 15) is 5.11 Å². The van der Waals surface area contributed by atoms with E-state index in [1.807, 2.05) is 23.5 Å². The normalized spacial score (nSPS) is 12.2. The molecule has 3 aromatic heterocycles. The molecule has 0 fully saturated rings. The van der Waals surface area contributed by atoms with Gasteiger partial charge in [-0.2, -0.15) is 0 Å². The molecule has 9 rings (SSSR count). The average Bonchev–Trinajstić information content (AvgIpc) is 3.54. The number of imidazole rings is 1. The molecule has 3 heterocycles. The lowest BCUT2D eigenvalue weighted by molar-refractivity contribution is 0.475. The van der Waals surface area contributed by atoms with Crippen LogP contribution < -0.4 is 0 Å². The number of aromatic hydroxyl groups is 1. The van der Waals surface area contributed by atoms with E-state index < -0.39 is 0 Å². The van der Waals surface area contributed by atoms with E-state index in [0.29, 0.717) is 0 Å². The summed E-state index contributed by atoms with van der Waals surface area (Å²) >= 11 is 1.82. The quantitative estimate of drug-likeness (QED) is 0.221. The first kappa shape index (κ1) is 21.1. The summed E-state index contributed by atoms with van der Waals surface area (Å²) in [5.41, 5.74) is 5.45. The third-order valence-electron chi connectivity index (χ3n) is 8.08. The van der Waals surface area contributed by atoms with Gasteiger partial charge in [-0.15, -0.1) is 11.3 Å². The second-order valence-electron chi connectivity index (χ2n) is 10.2. The Balaban J connectivity index is 1.35. The zero-order valence-corrected chi connectivity index (χ0v) is 21.5. The molecule has 6 aromatic carbocycles. The number of phenolic OH excluding ortho intramolecular Hbond substituents is 1. The largest absolute Gasteiger partial charge is 0.508 e. The number of thiophene rings is 1. The highest BCUT2D eigenvalue weighted by Crippen LogP contribution is 2.42. The van der Waals surface area contributed by atoms with Gasteiger partial charge in [-0.1, -0.05) is 72.8 Å². The molecule has 0 atom stereocenters. The van der Waals surface area contributed by atoms with Gasteiger partial charge in [0.05, 0.1) is 15.7 Å². The Morgan fingerprint density at radius 2 is 1.46 bits per heavy atom. The first-order valence-corrected chi connectivity index (χ1v) is 13.8. The van der Waals surface area contributed by atoms with E-state index >= 15 is 0 Å². The first-order valence-electron chi connectivity index (χ1n) is 13.0. The fourth-order valence-corrected chi connectivity index (χ4v) is 7.43. The Morgan fingerprint density at radius 3 is 2.38 bits per heavy atom. The Kier molecular flexibility index (Phi) is 4.08. The molecule has 3 nitrogen and oxygen atoms in total. The molecule has 39 heavy (non-hydrogen) atoms. The van der Waals surface area contributed by atoms with Crippen molar-refractivity contribution in [1.82, 2.24) is 9.38 Å². The van der Waals surface area contributed by atoms with Crippen LogP contribution in [0.15, 0.2) is 115 Å². The van der Waals surface area contributed by atoms with E-state index in [-0.39, 0.29) is 5.75 Å². The third-order valence-corrected chi connectivity index (χ3v) is 9.25. The Labute approximate surface area is 226 Å². The number of hydrogen-bond acceptors (Lipinski definition) is 3. The summed E-state index contributed by atoms with van der Waals surface area (Å²) in [5, 5.41) is 19.6. The highest BCUT2D eigenvalue weighted by molar-refractivity contribution is 7.26. The summed E-state index contributed by atoms with van der Waals surface area (Å²) in [6.45, 7) is 0. The van der Waals surface area contributed by atoms with E-state index in [0.717, 1.165) is 22.2 Å². The van der Waals surface area contributed by atoms with Gasteiger partial charge < -0.3 is 5.11 Å². The van der Waals surface area contributed by atoms with Gasteiger partial charge in [-0.25, -0.2) is 4.98 Å². The van der Waals surface area contributed by atoms with Crippen LogP contribution in [0.5, 0.6) is 5.75 Å². The molecule has 0 spiro atoms. The van der Waals surface area contributed by atoms with Gasteiger partial charge in [0, 0.05) is 27.1 Å². The number of rotatable bonds is 1. The zero-order valence-electron chi connectivity index (χ0n) is 20.7. The van der Waals surface area contributed by atoms with Gasteiger partial charge in [0.2, 0.25) is 0 Å². The number of fused-ring (bicyclic) bond motifs is 12. The summed E-state index contributed by atoms with van der Waals surface area (Å²) in [7, 11) is 0. The maximum atomic E-state index is 9.79. The summed E-state index contributed by atoms with van der Waals surface area (Å²) in [6, 6.07) is 38.2. The Bertz CT molecular complexity index is 2450. The van der Waals surface area contributed by atoms with E-state index in [2.05, 4.69) is 95.5 Å². The number of nitrogens with zero attached hydrogens (tertiary/aromatic N) is 2. The van der Waals surface area contributed by atoms with Crippen LogP contribution in [0.4, 0.5) is 0 Å². The molecule has 0 saturated carbocycles. The predicted octanol–water partition coefficient (Wildman–Crippen LogP) is 9.69.